The molecule has 0 bridgehead atoms. The predicted octanol–water partition coefficient (Wildman–Crippen LogP) is 2.74. The van der Waals surface area contributed by atoms with E-state index in [0.29, 0.717) is 0 Å². The van der Waals surface area contributed by atoms with Gasteiger partial charge in [-0.25, -0.2) is 5.43 Å². The highest BCUT2D eigenvalue weighted by molar-refractivity contribution is 14.1. The molecule has 9 heteroatoms. The van der Waals surface area contributed by atoms with Gasteiger partial charge in [0.25, 0.3) is 5.91 Å². The maximum Gasteiger partial charge on any atom is 0.310 e. The van der Waals surface area contributed by atoms with Crippen LogP contribution in [0.3, 0.4) is 0 Å². The topological polar surface area (TPSA) is 103 Å². The van der Waals surface area contributed by atoms with Gasteiger partial charge < -0.3 is 9.47 Å². The van der Waals surface area contributed by atoms with Gasteiger partial charge in [-0.2, -0.15) is 5.10 Å². The molecule has 0 unspecified atom stereocenters. The number of hydrazone groups is 1. The molecule has 2 aromatic carbocycles. The fourth-order valence-electron chi connectivity index (χ4n) is 1.85. The number of hydrogen-bond acceptors (Lipinski definition) is 6. The summed E-state index contributed by atoms with van der Waals surface area (Å²) in [7, 11) is 1.59. The molecule has 2 aromatic rings. The normalized spacial score (nSPS) is 10.5. The van der Waals surface area contributed by atoms with Gasteiger partial charge in [0, 0.05) is 6.07 Å². The Labute approximate surface area is 157 Å². The van der Waals surface area contributed by atoms with Crippen LogP contribution in [-0.2, 0) is 4.79 Å². The Balaban J connectivity index is 1.89. The number of hydrogen-bond donors (Lipinski definition) is 1. The van der Waals surface area contributed by atoms with Crippen molar-refractivity contribution >= 4 is 40.4 Å². The third kappa shape index (κ3) is 5.41. The lowest BCUT2D eigenvalue weighted by Crippen LogP contribution is -2.24. The van der Waals surface area contributed by atoms with Gasteiger partial charge in [0.05, 0.1) is 21.8 Å². The number of ether oxygens (including phenoxy) is 2. The van der Waals surface area contributed by atoms with Gasteiger partial charge >= 0.3 is 5.69 Å². The molecule has 130 valence electrons. The molecule has 0 aliphatic heterocycles. The van der Waals surface area contributed by atoms with Gasteiger partial charge in [-0.1, -0.05) is 12.1 Å². The van der Waals surface area contributed by atoms with Crippen LogP contribution in [0.15, 0.2) is 47.6 Å². The minimum atomic E-state index is -0.573. The first kappa shape index (κ1) is 18.6. The van der Waals surface area contributed by atoms with Crippen molar-refractivity contribution in [2.45, 2.75) is 0 Å². The molecule has 0 spiro atoms. The molecule has 1 amide bonds. The van der Waals surface area contributed by atoms with E-state index in [9.17, 15) is 14.9 Å². The van der Waals surface area contributed by atoms with Crippen LogP contribution >= 0.6 is 22.6 Å². The SMILES string of the molecule is COc1ccc(/C=N\NC(=O)COc2ccccc2[N+](=O)[O-])cc1I. The largest absolute Gasteiger partial charge is 0.496 e. The number of carbonyl (C=O) groups excluding carboxylic acids is 1. The average Bonchev–Trinajstić information content (AvgIpc) is 2.60. The average molecular weight is 455 g/mol. The van der Waals surface area contributed by atoms with Crippen molar-refractivity contribution in [3.63, 3.8) is 0 Å². The maximum atomic E-state index is 11.7. The second-order valence-electron chi connectivity index (χ2n) is 4.70. The molecule has 0 atom stereocenters. The Morgan fingerprint density at radius 1 is 1.32 bits per heavy atom. The zero-order chi connectivity index (χ0) is 18.2. The molecule has 2 rings (SSSR count). The molecule has 0 fully saturated rings. The minimum absolute atomic E-state index is 0.0244. The lowest BCUT2D eigenvalue weighted by atomic mass is 10.2. The first-order valence-corrected chi connectivity index (χ1v) is 8.11. The van der Waals surface area contributed by atoms with Crippen molar-refractivity contribution in [2.75, 3.05) is 13.7 Å². The summed E-state index contributed by atoms with van der Waals surface area (Å²) in [5.74, 6) is 0.244. The van der Waals surface area contributed by atoms with Crippen molar-refractivity contribution in [1.29, 1.82) is 0 Å². The highest BCUT2D eigenvalue weighted by atomic mass is 127. The highest BCUT2D eigenvalue weighted by Crippen LogP contribution is 2.25. The second kappa shape index (κ2) is 8.97. The number of nitrogens with one attached hydrogen (secondary N) is 1. The molecule has 0 saturated carbocycles. The van der Waals surface area contributed by atoms with Gasteiger partial charge in [0.2, 0.25) is 0 Å². The highest BCUT2D eigenvalue weighted by Gasteiger charge is 2.14. The Hall–Kier alpha value is -2.69. The number of nitro groups is 1. The van der Waals surface area contributed by atoms with Gasteiger partial charge in [-0.15, -0.1) is 0 Å². The van der Waals surface area contributed by atoms with Crippen molar-refractivity contribution in [1.82, 2.24) is 5.43 Å². The van der Waals surface area contributed by atoms with Crippen molar-refractivity contribution < 1.29 is 19.2 Å². The van der Waals surface area contributed by atoms with E-state index in [2.05, 4.69) is 33.1 Å². The van der Waals surface area contributed by atoms with Crippen LogP contribution in [0.4, 0.5) is 5.69 Å². The molecule has 8 nitrogen and oxygen atoms in total. The van der Waals surface area contributed by atoms with Gasteiger partial charge in [0.15, 0.2) is 12.4 Å². The Morgan fingerprint density at radius 2 is 2.08 bits per heavy atom. The Morgan fingerprint density at radius 3 is 2.76 bits per heavy atom. The molecule has 0 aliphatic rings. The van der Waals surface area contributed by atoms with E-state index in [-0.39, 0.29) is 18.0 Å². The molecular weight excluding hydrogens is 441 g/mol. The zero-order valence-corrected chi connectivity index (χ0v) is 15.3. The van der Waals surface area contributed by atoms with E-state index in [1.807, 2.05) is 6.07 Å². The summed E-state index contributed by atoms with van der Waals surface area (Å²) in [4.78, 5) is 22.0. The quantitative estimate of drug-likeness (QED) is 0.300. The molecule has 0 saturated heterocycles. The molecule has 0 aromatic heterocycles. The fourth-order valence-corrected chi connectivity index (χ4v) is 2.61. The molecule has 1 N–H and O–H groups in total. The summed E-state index contributed by atoms with van der Waals surface area (Å²) >= 11 is 2.13. The van der Waals surface area contributed by atoms with E-state index >= 15 is 0 Å². The Bertz CT molecular complexity index is 810. The van der Waals surface area contributed by atoms with Gasteiger partial charge in [-0.3, -0.25) is 14.9 Å². The smallest absolute Gasteiger partial charge is 0.310 e. The van der Waals surface area contributed by atoms with E-state index in [4.69, 9.17) is 9.47 Å². The second-order valence-corrected chi connectivity index (χ2v) is 5.86. The minimum Gasteiger partial charge on any atom is -0.496 e. The zero-order valence-electron chi connectivity index (χ0n) is 13.1. The molecule has 0 heterocycles. The first-order valence-electron chi connectivity index (χ1n) is 7.03. The standard InChI is InChI=1S/C16H14IN3O5/c1-24-14-7-6-11(8-12(14)17)9-18-19-16(21)10-25-15-5-3-2-4-13(15)20(22)23/h2-9H,10H2,1H3,(H,19,21)/b18-9-. The summed E-state index contributed by atoms with van der Waals surface area (Å²) in [6, 6.07) is 11.3. The van der Waals surface area contributed by atoms with Crippen LogP contribution in [0.5, 0.6) is 11.5 Å². The fraction of sp³-hybridized carbons (Fsp3) is 0.125. The number of rotatable bonds is 7. The summed E-state index contributed by atoms with van der Waals surface area (Å²) in [6.07, 6.45) is 1.48. The summed E-state index contributed by atoms with van der Waals surface area (Å²) in [5, 5.41) is 14.7. The van der Waals surface area contributed by atoms with E-state index < -0.39 is 10.8 Å². The van der Waals surface area contributed by atoms with Crippen LogP contribution in [-0.4, -0.2) is 30.8 Å². The number of amides is 1. The van der Waals surface area contributed by atoms with E-state index in [1.165, 1.54) is 24.4 Å². The molecular formula is C16H14IN3O5. The van der Waals surface area contributed by atoms with Crippen molar-refractivity contribution in [3.05, 3.63) is 61.7 Å². The van der Waals surface area contributed by atoms with Crippen molar-refractivity contribution in [3.8, 4) is 11.5 Å². The third-order valence-electron chi connectivity index (χ3n) is 3.00. The van der Waals surface area contributed by atoms with Crippen LogP contribution in [0.25, 0.3) is 0 Å². The lowest BCUT2D eigenvalue weighted by Gasteiger charge is -2.05. The number of nitro benzene ring substituents is 1. The molecule has 0 aliphatic carbocycles. The summed E-state index contributed by atoms with van der Waals surface area (Å²) < 4.78 is 11.2. The summed E-state index contributed by atoms with van der Waals surface area (Å²) in [6.45, 7) is -0.387. The lowest BCUT2D eigenvalue weighted by molar-refractivity contribution is -0.385. The monoisotopic (exact) mass is 455 g/mol. The molecule has 0 radical (unpaired) electrons. The van der Waals surface area contributed by atoms with E-state index in [1.54, 1.807) is 25.3 Å². The number of para-hydroxylation sites is 2. The van der Waals surface area contributed by atoms with Crippen LogP contribution < -0.4 is 14.9 Å². The summed E-state index contributed by atoms with van der Waals surface area (Å²) in [5.41, 5.74) is 2.88. The number of carbonyl (C=O) groups is 1. The van der Waals surface area contributed by atoms with Crippen molar-refractivity contribution in [2.24, 2.45) is 5.10 Å². The Kier molecular flexibility index (Phi) is 6.69. The first-order chi connectivity index (χ1) is 12.0. The van der Waals surface area contributed by atoms with Crippen LogP contribution in [0.2, 0.25) is 0 Å². The van der Waals surface area contributed by atoms with Crippen LogP contribution in [0.1, 0.15) is 5.56 Å². The number of halogens is 1. The van der Waals surface area contributed by atoms with Gasteiger partial charge in [0.1, 0.15) is 5.75 Å². The van der Waals surface area contributed by atoms with E-state index in [0.717, 1.165) is 14.9 Å². The third-order valence-corrected chi connectivity index (χ3v) is 3.84. The van der Waals surface area contributed by atoms with Gasteiger partial charge in [-0.05, 0) is 52.4 Å². The predicted molar refractivity (Wildman–Crippen MR) is 100 cm³/mol. The number of benzene rings is 2. The number of methoxy groups -OCH3 is 1. The number of nitrogens with zero attached hydrogens (tertiary/aromatic N) is 2. The van der Waals surface area contributed by atoms with Crippen LogP contribution in [0, 0.1) is 13.7 Å². The maximum absolute atomic E-state index is 11.7. The molecule has 25 heavy (non-hydrogen) atoms.